The largest absolute Gasteiger partial charge is 0.204 e. The number of hydrogen-bond acceptors (Lipinski definition) is 0. The number of aryl methyl sites for hydroxylation is 1. The van der Waals surface area contributed by atoms with Crippen LogP contribution in [-0.4, -0.2) is 8.07 Å². The van der Waals surface area contributed by atoms with Gasteiger partial charge in [0.05, 0.1) is 8.07 Å². The van der Waals surface area contributed by atoms with Gasteiger partial charge >= 0.3 is 0 Å². The zero-order chi connectivity index (χ0) is 21.4. The van der Waals surface area contributed by atoms with Crippen molar-refractivity contribution in [3.8, 4) is 0 Å². The van der Waals surface area contributed by atoms with E-state index in [1.54, 1.807) is 18.2 Å². The monoisotopic (exact) mass is 434 g/mol. The van der Waals surface area contributed by atoms with E-state index in [0.29, 0.717) is 0 Å². The summed E-state index contributed by atoms with van der Waals surface area (Å²) in [6, 6.07) is 7.56. The summed E-state index contributed by atoms with van der Waals surface area (Å²) >= 11 is 0. The zero-order valence-corrected chi connectivity index (χ0v) is 20.5. The quantitative estimate of drug-likeness (QED) is 0.254. The smallest absolute Gasteiger partial charge is 0.159 e. The lowest BCUT2D eigenvalue weighted by atomic mass is 9.85. The van der Waals surface area contributed by atoms with Crippen LogP contribution in [0.2, 0.25) is 24.2 Å². The van der Waals surface area contributed by atoms with Crippen LogP contribution in [0.1, 0.15) is 96.0 Å². The Bertz CT molecular complexity index is 628. The van der Waals surface area contributed by atoms with Crippen LogP contribution in [0.3, 0.4) is 0 Å². The molecule has 1 saturated heterocycles. The third-order valence-electron chi connectivity index (χ3n) is 8.61. The predicted octanol–water partition coefficient (Wildman–Crippen LogP) is 9.31. The van der Waals surface area contributed by atoms with Crippen molar-refractivity contribution in [2.75, 3.05) is 0 Å². The number of halogens is 2. The first-order valence-corrected chi connectivity index (χ1v) is 15.9. The Morgan fingerprint density at radius 2 is 1.43 bits per heavy atom. The first-order chi connectivity index (χ1) is 14.5. The molecule has 170 valence electrons. The highest BCUT2D eigenvalue weighted by molar-refractivity contribution is 6.80. The normalized spacial score (nSPS) is 29.8. The fourth-order valence-corrected chi connectivity index (χ4v) is 11.3. The van der Waals surface area contributed by atoms with Gasteiger partial charge in [0.25, 0.3) is 0 Å². The van der Waals surface area contributed by atoms with Gasteiger partial charge in [-0.2, -0.15) is 0 Å². The van der Waals surface area contributed by atoms with E-state index >= 15 is 0 Å². The Morgan fingerprint density at radius 3 is 2.07 bits per heavy atom. The molecule has 0 aromatic heterocycles. The average Bonchev–Trinajstić information content (AvgIpc) is 2.76. The Hall–Kier alpha value is -0.703. The SMILES string of the molecule is CCCCCC1CC[Si](C)(C2CCC(CCCCc3ccc(F)c(F)c3)CC2)CC1. The summed E-state index contributed by atoms with van der Waals surface area (Å²) in [6.45, 7) is 5.05. The molecule has 1 saturated carbocycles. The first kappa shape index (κ1) is 23.9. The molecule has 0 N–H and O–H groups in total. The maximum atomic E-state index is 13.3. The summed E-state index contributed by atoms with van der Waals surface area (Å²) < 4.78 is 26.4. The van der Waals surface area contributed by atoms with E-state index in [9.17, 15) is 8.78 Å². The summed E-state index contributed by atoms with van der Waals surface area (Å²) in [5.74, 6) is 0.508. The lowest BCUT2D eigenvalue weighted by molar-refractivity contribution is 0.320. The molecular formula is C27H44F2Si. The molecule has 3 heteroatoms. The Balaban J connectivity index is 1.31. The van der Waals surface area contributed by atoms with E-state index in [4.69, 9.17) is 0 Å². The van der Waals surface area contributed by atoms with Crippen LogP contribution >= 0.6 is 0 Å². The van der Waals surface area contributed by atoms with Gasteiger partial charge in [-0.3, -0.25) is 0 Å². The van der Waals surface area contributed by atoms with Gasteiger partial charge in [-0.15, -0.1) is 0 Å². The Kier molecular flexibility index (Phi) is 9.41. The molecule has 2 fully saturated rings. The molecule has 0 atom stereocenters. The summed E-state index contributed by atoms with van der Waals surface area (Å²) in [5.41, 5.74) is 2.02. The van der Waals surface area contributed by atoms with Gasteiger partial charge in [0, 0.05) is 0 Å². The minimum atomic E-state index is -1.01. The highest BCUT2D eigenvalue weighted by Gasteiger charge is 2.40. The standard InChI is InChI=1S/C27H44F2Si/c1-3-4-5-8-23-17-19-30(2,20-18-23)25-14-11-22(12-15-25)9-6-7-10-24-13-16-26(28)27(29)21-24/h13,16,21-23,25H,3-12,14-15,17-20H2,1-2H3. The van der Waals surface area contributed by atoms with Crippen LogP contribution in [0.15, 0.2) is 18.2 Å². The van der Waals surface area contributed by atoms with Crippen LogP contribution in [0.25, 0.3) is 0 Å². The maximum absolute atomic E-state index is 13.3. The van der Waals surface area contributed by atoms with Gasteiger partial charge < -0.3 is 0 Å². The van der Waals surface area contributed by atoms with E-state index in [0.717, 1.165) is 35.8 Å². The molecule has 0 amide bonds. The molecule has 0 spiro atoms. The van der Waals surface area contributed by atoms with Crippen molar-refractivity contribution < 1.29 is 8.78 Å². The average molecular weight is 435 g/mol. The number of unbranched alkanes of at least 4 members (excludes halogenated alkanes) is 3. The summed E-state index contributed by atoms with van der Waals surface area (Å²) in [6.07, 6.45) is 19.2. The van der Waals surface area contributed by atoms with Crippen LogP contribution in [-0.2, 0) is 6.42 Å². The second-order valence-electron chi connectivity index (χ2n) is 10.8. The fraction of sp³-hybridized carbons (Fsp3) is 0.778. The molecule has 1 heterocycles. The minimum absolute atomic E-state index is 0.710. The number of rotatable bonds is 10. The van der Waals surface area contributed by atoms with Crippen LogP contribution in [0, 0.1) is 23.5 Å². The van der Waals surface area contributed by atoms with Crippen LogP contribution in [0.4, 0.5) is 8.78 Å². The topological polar surface area (TPSA) is 0 Å². The van der Waals surface area contributed by atoms with E-state index in [-0.39, 0.29) is 0 Å². The molecule has 3 rings (SSSR count). The van der Waals surface area contributed by atoms with Gasteiger partial charge in [-0.05, 0) is 47.9 Å². The third-order valence-corrected chi connectivity index (χ3v) is 14.0. The summed E-state index contributed by atoms with van der Waals surface area (Å²) in [5, 5.41) is 0. The molecule has 1 aliphatic heterocycles. The second-order valence-corrected chi connectivity index (χ2v) is 15.9. The lowest BCUT2D eigenvalue weighted by Gasteiger charge is -2.44. The molecule has 0 nitrogen and oxygen atoms in total. The molecular weight excluding hydrogens is 390 g/mol. The Labute approximate surface area is 185 Å². The van der Waals surface area contributed by atoms with Gasteiger partial charge in [0.2, 0.25) is 0 Å². The van der Waals surface area contributed by atoms with Crippen molar-refractivity contribution in [2.45, 2.75) is 121 Å². The molecule has 1 aliphatic carbocycles. The van der Waals surface area contributed by atoms with Crippen LogP contribution in [0.5, 0.6) is 0 Å². The van der Waals surface area contributed by atoms with Crippen molar-refractivity contribution in [3.05, 3.63) is 35.4 Å². The minimum Gasteiger partial charge on any atom is -0.204 e. The van der Waals surface area contributed by atoms with Crippen molar-refractivity contribution in [2.24, 2.45) is 11.8 Å². The van der Waals surface area contributed by atoms with Gasteiger partial charge in [0.1, 0.15) is 0 Å². The van der Waals surface area contributed by atoms with Gasteiger partial charge in [-0.25, -0.2) is 8.78 Å². The highest BCUT2D eigenvalue weighted by atomic mass is 28.3. The van der Waals surface area contributed by atoms with E-state index in [2.05, 4.69) is 13.5 Å². The fourth-order valence-electron chi connectivity index (χ4n) is 6.32. The van der Waals surface area contributed by atoms with Gasteiger partial charge in [-0.1, -0.05) is 109 Å². The first-order valence-electron chi connectivity index (χ1n) is 12.9. The molecule has 2 aliphatic rings. The van der Waals surface area contributed by atoms with Crippen molar-refractivity contribution in [1.82, 2.24) is 0 Å². The van der Waals surface area contributed by atoms with Crippen molar-refractivity contribution in [1.29, 1.82) is 0 Å². The molecule has 1 aromatic carbocycles. The van der Waals surface area contributed by atoms with Crippen molar-refractivity contribution >= 4 is 8.07 Å². The highest BCUT2D eigenvalue weighted by Crippen LogP contribution is 2.48. The van der Waals surface area contributed by atoms with E-state index in [1.807, 2.05) is 0 Å². The molecule has 30 heavy (non-hydrogen) atoms. The summed E-state index contributed by atoms with van der Waals surface area (Å²) in [7, 11) is -1.01. The lowest BCUT2D eigenvalue weighted by Crippen LogP contribution is -2.41. The maximum Gasteiger partial charge on any atom is 0.159 e. The van der Waals surface area contributed by atoms with Gasteiger partial charge in [0.15, 0.2) is 11.6 Å². The molecule has 0 radical (unpaired) electrons. The predicted molar refractivity (Wildman–Crippen MR) is 128 cm³/mol. The Morgan fingerprint density at radius 1 is 0.800 bits per heavy atom. The molecule has 0 bridgehead atoms. The molecule has 1 aromatic rings. The second kappa shape index (κ2) is 11.8. The third kappa shape index (κ3) is 6.90. The molecule has 0 unspecified atom stereocenters. The van der Waals surface area contributed by atoms with Crippen LogP contribution < -0.4 is 0 Å². The summed E-state index contributed by atoms with van der Waals surface area (Å²) in [4.78, 5) is 0. The zero-order valence-electron chi connectivity index (χ0n) is 19.5. The van der Waals surface area contributed by atoms with Crippen molar-refractivity contribution in [3.63, 3.8) is 0 Å². The number of hydrogen-bond donors (Lipinski definition) is 0. The number of benzene rings is 1. The van der Waals surface area contributed by atoms with E-state index in [1.165, 1.54) is 89.2 Å². The van der Waals surface area contributed by atoms with E-state index < -0.39 is 19.7 Å².